The van der Waals surface area contributed by atoms with Crippen molar-refractivity contribution in [3.63, 3.8) is 0 Å². The van der Waals surface area contributed by atoms with Gasteiger partial charge in [-0.25, -0.2) is 0 Å². The minimum absolute atomic E-state index is 0.0686. The molecule has 4 nitrogen and oxygen atoms in total. The molecule has 3 aromatic carbocycles. The molecule has 4 rings (SSSR count). The van der Waals surface area contributed by atoms with Gasteiger partial charge in [0.15, 0.2) is 0 Å². The predicted octanol–water partition coefficient (Wildman–Crippen LogP) is 8.28. The molecule has 0 fully saturated rings. The summed E-state index contributed by atoms with van der Waals surface area (Å²) in [6.07, 6.45) is 5.72. The molecule has 220 valence electrons. The van der Waals surface area contributed by atoms with E-state index in [-0.39, 0.29) is 11.5 Å². The first-order chi connectivity index (χ1) is 20.1. The van der Waals surface area contributed by atoms with Crippen molar-refractivity contribution in [2.75, 3.05) is 40.8 Å². The van der Waals surface area contributed by atoms with Gasteiger partial charge in [0.1, 0.15) is 6.10 Å². The van der Waals surface area contributed by atoms with Crippen molar-refractivity contribution in [3.8, 4) is 11.8 Å². The molecule has 1 heterocycles. The second kappa shape index (κ2) is 16.9. The van der Waals surface area contributed by atoms with Gasteiger partial charge in [-0.05, 0) is 94.2 Å². The lowest BCUT2D eigenvalue weighted by Gasteiger charge is -2.19. The third-order valence-corrected chi connectivity index (χ3v) is 6.59. The van der Waals surface area contributed by atoms with Gasteiger partial charge in [0, 0.05) is 36.3 Å². The van der Waals surface area contributed by atoms with Crippen LogP contribution in [0.4, 0.5) is 0 Å². The molecule has 5 heteroatoms. The number of hydrogen-bond donors (Lipinski definition) is 0. The fourth-order valence-corrected chi connectivity index (χ4v) is 4.34. The van der Waals surface area contributed by atoms with Gasteiger partial charge < -0.3 is 9.64 Å². The number of hydrogen-bond acceptors (Lipinski definition) is 4. The smallest absolute Gasteiger partial charge is 0.124 e. The van der Waals surface area contributed by atoms with Crippen molar-refractivity contribution < 1.29 is 4.74 Å². The van der Waals surface area contributed by atoms with Crippen molar-refractivity contribution in [1.82, 2.24) is 14.8 Å². The van der Waals surface area contributed by atoms with E-state index >= 15 is 0 Å². The molecule has 1 aromatic heterocycles. The molecule has 0 radical (unpaired) electrons. The van der Waals surface area contributed by atoms with Crippen molar-refractivity contribution in [2.45, 2.75) is 33.4 Å². The van der Waals surface area contributed by atoms with E-state index < -0.39 is 0 Å². The van der Waals surface area contributed by atoms with Gasteiger partial charge in [0.2, 0.25) is 0 Å². The summed E-state index contributed by atoms with van der Waals surface area (Å²) in [6.45, 7) is 9.75. The topological polar surface area (TPSA) is 28.6 Å². The highest BCUT2D eigenvalue weighted by molar-refractivity contribution is 6.30. The molecule has 1 unspecified atom stereocenters. The first kappa shape index (κ1) is 33.0. The molecule has 0 bridgehead atoms. The number of likely N-dealkylation sites (N-methyl/N-ethyl adjacent to an activating group) is 2. The fraction of sp³-hybridized carbons (Fsp3) is 0.324. The van der Waals surface area contributed by atoms with Crippen LogP contribution in [0.3, 0.4) is 0 Å². The van der Waals surface area contributed by atoms with Crippen LogP contribution in [-0.2, 0) is 11.3 Å². The van der Waals surface area contributed by atoms with Crippen LogP contribution in [-0.4, -0.2) is 55.6 Å². The first-order valence-corrected chi connectivity index (χ1v) is 14.8. The third kappa shape index (κ3) is 11.8. The SMILES string of the molecule is CN(C)CCOC(c1ccc(Cl)cc1)c1ccccn1.CN(C/C=C/C#CC(C)(C)C)Cc1cccc2ccccc12. The first-order valence-electron chi connectivity index (χ1n) is 14.4. The lowest BCUT2D eigenvalue weighted by atomic mass is 9.98. The summed E-state index contributed by atoms with van der Waals surface area (Å²) in [5.74, 6) is 6.33. The molecular formula is C37H44ClN3O. The van der Waals surface area contributed by atoms with Crippen LogP contribution in [0, 0.1) is 17.3 Å². The monoisotopic (exact) mass is 581 g/mol. The van der Waals surface area contributed by atoms with Gasteiger partial charge in [-0.1, -0.05) is 90.2 Å². The molecule has 0 saturated carbocycles. The summed E-state index contributed by atoms with van der Waals surface area (Å²) in [6, 6.07) is 28.7. The molecular weight excluding hydrogens is 538 g/mol. The highest BCUT2D eigenvalue weighted by atomic mass is 35.5. The van der Waals surface area contributed by atoms with E-state index in [2.05, 4.69) is 103 Å². The zero-order chi connectivity index (χ0) is 30.4. The molecule has 0 aliphatic carbocycles. The number of aromatic nitrogens is 1. The van der Waals surface area contributed by atoms with Crippen LogP contribution in [0.1, 0.15) is 43.7 Å². The maximum Gasteiger partial charge on any atom is 0.124 e. The average Bonchev–Trinajstić information content (AvgIpc) is 2.96. The number of fused-ring (bicyclic) bond motifs is 1. The Hall–Kier alpha value is -3.46. The van der Waals surface area contributed by atoms with Crippen molar-refractivity contribution in [2.24, 2.45) is 5.41 Å². The van der Waals surface area contributed by atoms with E-state index in [9.17, 15) is 0 Å². The van der Waals surface area contributed by atoms with Gasteiger partial charge in [-0.3, -0.25) is 9.88 Å². The summed E-state index contributed by atoms with van der Waals surface area (Å²) in [4.78, 5) is 8.80. The number of rotatable bonds is 10. The van der Waals surface area contributed by atoms with Gasteiger partial charge in [-0.15, -0.1) is 0 Å². The standard InChI is InChI=1S/C21H25N.C16H19ClN2O/c1-21(2,3)15-8-5-9-16-22(4)17-19-13-10-12-18-11-6-7-14-20(18)19;1-19(2)11-12-20-16(15-5-3-4-10-18-15)13-6-8-14(17)9-7-13/h5-7,9-14H,16-17H2,1-4H3;3-10,16H,11-12H2,1-2H3/b9-5+;. The summed E-state index contributed by atoms with van der Waals surface area (Å²) >= 11 is 5.95. The van der Waals surface area contributed by atoms with Gasteiger partial charge in [0.25, 0.3) is 0 Å². The Labute approximate surface area is 258 Å². The number of benzene rings is 3. The summed E-state index contributed by atoms with van der Waals surface area (Å²) in [7, 11) is 6.20. The average molecular weight is 582 g/mol. The maximum absolute atomic E-state index is 6.02. The van der Waals surface area contributed by atoms with Crippen LogP contribution in [0.5, 0.6) is 0 Å². The van der Waals surface area contributed by atoms with Crippen LogP contribution < -0.4 is 0 Å². The summed E-state index contributed by atoms with van der Waals surface area (Å²) < 4.78 is 6.02. The number of halogens is 1. The van der Waals surface area contributed by atoms with E-state index in [0.29, 0.717) is 6.61 Å². The Morgan fingerprint density at radius 1 is 0.905 bits per heavy atom. The lowest BCUT2D eigenvalue weighted by Crippen LogP contribution is -2.20. The minimum Gasteiger partial charge on any atom is -0.366 e. The lowest BCUT2D eigenvalue weighted by molar-refractivity contribution is 0.0662. The molecule has 0 spiro atoms. The Balaban J connectivity index is 0.000000231. The van der Waals surface area contributed by atoms with Gasteiger partial charge in [0.05, 0.1) is 12.3 Å². The highest BCUT2D eigenvalue weighted by Crippen LogP contribution is 2.25. The highest BCUT2D eigenvalue weighted by Gasteiger charge is 2.16. The number of nitrogens with zero attached hydrogens (tertiary/aromatic N) is 3. The summed E-state index contributed by atoms with van der Waals surface area (Å²) in [5.41, 5.74) is 3.41. The van der Waals surface area contributed by atoms with E-state index in [4.69, 9.17) is 16.3 Å². The van der Waals surface area contributed by atoms with E-state index in [1.165, 1.54) is 16.3 Å². The number of pyridine rings is 1. The second-order valence-corrected chi connectivity index (χ2v) is 12.1. The maximum atomic E-state index is 6.02. The van der Waals surface area contributed by atoms with Crippen LogP contribution in [0.25, 0.3) is 10.8 Å². The molecule has 1 atom stereocenters. The molecule has 0 amide bonds. The summed E-state index contributed by atoms with van der Waals surface area (Å²) in [5, 5.41) is 3.37. The molecule has 42 heavy (non-hydrogen) atoms. The Morgan fingerprint density at radius 3 is 2.31 bits per heavy atom. The Bertz CT molecular complexity index is 1440. The normalized spacial score (nSPS) is 12.2. The van der Waals surface area contributed by atoms with Crippen molar-refractivity contribution >= 4 is 22.4 Å². The second-order valence-electron chi connectivity index (χ2n) is 11.6. The minimum atomic E-state index is -0.159. The third-order valence-electron chi connectivity index (χ3n) is 6.34. The molecule has 4 aromatic rings. The predicted molar refractivity (Wildman–Crippen MR) is 179 cm³/mol. The fourth-order valence-electron chi connectivity index (χ4n) is 4.21. The largest absolute Gasteiger partial charge is 0.366 e. The van der Waals surface area contributed by atoms with E-state index in [1.807, 2.05) is 62.6 Å². The zero-order valence-electron chi connectivity index (χ0n) is 25.8. The van der Waals surface area contributed by atoms with Gasteiger partial charge >= 0.3 is 0 Å². The van der Waals surface area contributed by atoms with Crippen molar-refractivity contribution in [3.05, 3.63) is 125 Å². The Kier molecular flexibility index (Phi) is 13.3. The van der Waals surface area contributed by atoms with E-state index in [0.717, 1.165) is 35.9 Å². The molecule has 0 saturated heterocycles. The molecule has 0 N–H and O–H groups in total. The van der Waals surface area contributed by atoms with Crippen LogP contribution in [0.2, 0.25) is 5.02 Å². The number of ether oxygens (including phenoxy) is 1. The Morgan fingerprint density at radius 2 is 1.62 bits per heavy atom. The quantitative estimate of drug-likeness (QED) is 0.176. The van der Waals surface area contributed by atoms with Crippen molar-refractivity contribution in [1.29, 1.82) is 0 Å². The van der Waals surface area contributed by atoms with Crippen LogP contribution >= 0.6 is 11.6 Å². The molecule has 0 aliphatic rings. The number of allylic oxidation sites excluding steroid dienone is 1. The molecule has 0 aliphatic heterocycles. The van der Waals surface area contributed by atoms with Crippen LogP contribution in [0.15, 0.2) is 103 Å². The van der Waals surface area contributed by atoms with E-state index in [1.54, 1.807) is 6.20 Å². The zero-order valence-corrected chi connectivity index (χ0v) is 26.6. The van der Waals surface area contributed by atoms with Gasteiger partial charge in [-0.2, -0.15) is 0 Å².